The summed E-state index contributed by atoms with van der Waals surface area (Å²) in [6.07, 6.45) is 2.47. The molecule has 25 heavy (non-hydrogen) atoms. The van der Waals surface area contributed by atoms with E-state index in [2.05, 4.69) is 0 Å². The summed E-state index contributed by atoms with van der Waals surface area (Å²) in [5.41, 5.74) is 3.87. The molecule has 0 fully saturated rings. The molecule has 2 aromatic heterocycles. The van der Waals surface area contributed by atoms with E-state index in [1.54, 1.807) is 12.1 Å². The van der Waals surface area contributed by atoms with Gasteiger partial charge in [0.15, 0.2) is 5.58 Å². The molecular weight excluding hydrogens is 316 g/mol. The third kappa shape index (κ3) is 2.41. The SMILES string of the molecule is CC(C)=CCc1c(O)ccc2c1oc(=O)c1c3ccc(C)cc3oc21. The van der Waals surface area contributed by atoms with Gasteiger partial charge in [-0.15, -0.1) is 0 Å². The van der Waals surface area contributed by atoms with Crippen molar-refractivity contribution in [1.29, 1.82) is 0 Å². The van der Waals surface area contributed by atoms with Crippen LogP contribution in [0.4, 0.5) is 0 Å². The van der Waals surface area contributed by atoms with Crippen LogP contribution in [0.1, 0.15) is 25.0 Å². The lowest BCUT2D eigenvalue weighted by atomic mass is 10.0. The summed E-state index contributed by atoms with van der Waals surface area (Å²) in [6, 6.07) is 9.08. The van der Waals surface area contributed by atoms with E-state index in [4.69, 9.17) is 8.83 Å². The average molecular weight is 334 g/mol. The van der Waals surface area contributed by atoms with Gasteiger partial charge in [0.1, 0.15) is 22.3 Å². The maximum absolute atomic E-state index is 12.6. The molecule has 126 valence electrons. The van der Waals surface area contributed by atoms with Gasteiger partial charge in [0.25, 0.3) is 0 Å². The van der Waals surface area contributed by atoms with Gasteiger partial charge in [0.2, 0.25) is 0 Å². The topological polar surface area (TPSA) is 63.6 Å². The van der Waals surface area contributed by atoms with Crippen LogP contribution in [0.2, 0.25) is 0 Å². The Morgan fingerprint density at radius 2 is 1.84 bits per heavy atom. The highest BCUT2D eigenvalue weighted by molar-refractivity contribution is 6.13. The first-order chi connectivity index (χ1) is 12.0. The fourth-order valence-corrected chi connectivity index (χ4v) is 3.16. The molecule has 4 nitrogen and oxygen atoms in total. The quantitative estimate of drug-likeness (QED) is 0.403. The van der Waals surface area contributed by atoms with Crippen LogP contribution < -0.4 is 5.63 Å². The van der Waals surface area contributed by atoms with Crippen molar-refractivity contribution in [2.75, 3.05) is 0 Å². The normalized spacial score (nSPS) is 11.5. The molecule has 2 aromatic carbocycles. The molecule has 4 aromatic rings. The van der Waals surface area contributed by atoms with Gasteiger partial charge in [-0.05, 0) is 57.0 Å². The zero-order valence-electron chi connectivity index (χ0n) is 14.3. The number of allylic oxidation sites excluding steroid dienone is 2. The van der Waals surface area contributed by atoms with E-state index in [0.717, 1.165) is 16.5 Å². The van der Waals surface area contributed by atoms with E-state index in [9.17, 15) is 9.90 Å². The molecule has 0 atom stereocenters. The minimum atomic E-state index is -0.450. The number of phenolic OH excluding ortho intramolecular Hbond substituents is 1. The molecule has 0 saturated heterocycles. The average Bonchev–Trinajstić information content (AvgIpc) is 2.92. The molecule has 4 heteroatoms. The van der Waals surface area contributed by atoms with Crippen molar-refractivity contribution in [2.45, 2.75) is 27.2 Å². The third-order valence-electron chi connectivity index (χ3n) is 4.44. The Morgan fingerprint density at radius 3 is 2.60 bits per heavy atom. The molecule has 2 heterocycles. The van der Waals surface area contributed by atoms with E-state index < -0.39 is 5.63 Å². The number of hydrogen-bond donors (Lipinski definition) is 1. The lowest BCUT2D eigenvalue weighted by Crippen LogP contribution is -2.00. The molecule has 0 amide bonds. The minimum absolute atomic E-state index is 0.111. The lowest BCUT2D eigenvalue weighted by Gasteiger charge is -2.06. The van der Waals surface area contributed by atoms with Crippen molar-refractivity contribution >= 4 is 32.9 Å². The van der Waals surface area contributed by atoms with Crippen molar-refractivity contribution in [3.8, 4) is 5.75 Å². The van der Waals surface area contributed by atoms with Crippen molar-refractivity contribution in [1.82, 2.24) is 0 Å². The second-order valence-electron chi connectivity index (χ2n) is 6.62. The largest absolute Gasteiger partial charge is 0.508 e. The van der Waals surface area contributed by atoms with Crippen LogP contribution in [0.25, 0.3) is 32.9 Å². The van der Waals surface area contributed by atoms with E-state index in [0.29, 0.717) is 39.5 Å². The lowest BCUT2D eigenvalue weighted by molar-refractivity contribution is 0.467. The van der Waals surface area contributed by atoms with Crippen LogP contribution in [-0.4, -0.2) is 5.11 Å². The first-order valence-electron chi connectivity index (χ1n) is 8.19. The molecule has 0 aliphatic carbocycles. The van der Waals surface area contributed by atoms with Crippen LogP contribution in [-0.2, 0) is 6.42 Å². The predicted molar refractivity (Wildman–Crippen MR) is 99.3 cm³/mol. The molecule has 0 saturated carbocycles. The summed E-state index contributed by atoms with van der Waals surface area (Å²) in [5.74, 6) is 0.111. The van der Waals surface area contributed by atoms with E-state index in [-0.39, 0.29) is 5.75 Å². The van der Waals surface area contributed by atoms with E-state index >= 15 is 0 Å². The maximum atomic E-state index is 12.6. The summed E-state index contributed by atoms with van der Waals surface area (Å²) in [4.78, 5) is 12.6. The Morgan fingerprint density at radius 1 is 1.08 bits per heavy atom. The molecule has 4 rings (SSSR count). The number of aryl methyl sites for hydroxylation is 1. The fourth-order valence-electron chi connectivity index (χ4n) is 3.16. The smallest absolute Gasteiger partial charge is 0.348 e. The number of aromatic hydroxyl groups is 1. The number of benzene rings is 2. The monoisotopic (exact) mass is 334 g/mol. The molecule has 0 spiro atoms. The van der Waals surface area contributed by atoms with Gasteiger partial charge in [0.05, 0.1) is 5.39 Å². The number of rotatable bonds is 2. The predicted octanol–water partition coefficient (Wildman–Crippen LogP) is 5.22. The number of phenols is 1. The maximum Gasteiger partial charge on any atom is 0.348 e. The molecule has 0 aliphatic heterocycles. The Kier molecular flexibility index (Phi) is 3.42. The summed E-state index contributed by atoms with van der Waals surface area (Å²) in [7, 11) is 0. The van der Waals surface area contributed by atoms with Gasteiger partial charge in [-0.2, -0.15) is 0 Å². The van der Waals surface area contributed by atoms with Crippen molar-refractivity contribution in [3.63, 3.8) is 0 Å². The standard InChI is InChI=1S/C21H18O4/c1-11(2)4-6-13-16(22)9-8-15-19(13)25-21(23)18-14-7-5-12(3)10-17(14)24-20(15)18/h4-5,7-10,22H,6H2,1-3H3. The van der Waals surface area contributed by atoms with Crippen molar-refractivity contribution < 1.29 is 13.9 Å². The van der Waals surface area contributed by atoms with E-state index in [1.807, 2.05) is 45.0 Å². The number of fused-ring (bicyclic) bond motifs is 5. The summed E-state index contributed by atoms with van der Waals surface area (Å²) in [6.45, 7) is 5.94. The molecular formula is C21H18O4. The first-order valence-corrected chi connectivity index (χ1v) is 8.19. The zero-order chi connectivity index (χ0) is 17.7. The van der Waals surface area contributed by atoms with Gasteiger partial charge in [-0.3, -0.25) is 0 Å². The third-order valence-corrected chi connectivity index (χ3v) is 4.44. The second kappa shape index (κ2) is 5.52. The van der Waals surface area contributed by atoms with Crippen LogP contribution in [0.3, 0.4) is 0 Å². The Hall–Kier alpha value is -3.01. The summed E-state index contributed by atoms with van der Waals surface area (Å²) >= 11 is 0. The van der Waals surface area contributed by atoms with Crippen LogP contribution in [0, 0.1) is 6.92 Å². The van der Waals surface area contributed by atoms with Gasteiger partial charge >= 0.3 is 5.63 Å². The molecule has 0 bridgehead atoms. The zero-order valence-corrected chi connectivity index (χ0v) is 14.3. The highest BCUT2D eigenvalue weighted by Crippen LogP contribution is 2.35. The van der Waals surface area contributed by atoms with Gasteiger partial charge in [0, 0.05) is 10.9 Å². The van der Waals surface area contributed by atoms with Crippen molar-refractivity contribution in [3.05, 3.63) is 63.5 Å². The first kappa shape index (κ1) is 15.5. The highest BCUT2D eigenvalue weighted by Gasteiger charge is 2.19. The summed E-state index contributed by atoms with van der Waals surface area (Å²) < 4.78 is 11.6. The second-order valence-corrected chi connectivity index (χ2v) is 6.62. The Labute approximate surface area is 144 Å². The number of hydrogen-bond acceptors (Lipinski definition) is 4. The molecule has 0 radical (unpaired) electrons. The van der Waals surface area contributed by atoms with Gasteiger partial charge < -0.3 is 13.9 Å². The van der Waals surface area contributed by atoms with Crippen LogP contribution in [0.5, 0.6) is 5.75 Å². The Balaban J connectivity index is 2.14. The van der Waals surface area contributed by atoms with E-state index in [1.165, 1.54) is 0 Å². The van der Waals surface area contributed by atoms with Gasteiger partial charge in [-0.25, -0.2) is 4.79 Å². The van der Waals surface area contributed by atoms with Crippen LogP contribution >= 0.6 is 0 Å². The summed E-state index contributed by atoms with van der Waals surface area (Å²) in [5, 5.41) is 12.1. The molecule has 0 unspecified atom stereocenters. The molecule has 0 aliphatic rings. The van der Waals surface area contributed by atoms with Crippen LogP contribution in [0.15, 0.2) is 55.6 Å². The molecule has 1 N–H and O–H groups in total. The van der Waals surface area contributed by atoms with Gasteiger partial charge in [-0.1, -0.05) is 17.7 Å². The minimum Gasteiger partial charge on any atom is -0.508 e. The van der Waals surface area contributed by atoms with Crippen molar-refractivity contribution in [2.24, 2.45) is 0 Å². The highest BCUT2D eigenvalue weighted by atomic mass is 16.4. The fraction of sp³-hybridized carbons (Fsp3) is 0.190. The number of furan rings is 1. The Bertz CT molecular complexity index is 1220.